The lowest BCUT2D eigenvalue weighted by Gasteiger charge is -2.22. The smallest absolute Gasteiger partial charge is 0.321 e. The molecule has 140 valence electrons. The highest BCUT2D eigenvalue weighted by Gasteiger charge is 2.29. The molecule has 2 heterocycles. The van der Waals surface area contributed by atoms with Crippen LogP contribution >= 0.6 is 0 Å². The van der Waals surface area contributed by atoms with Gasteiger partial charge in [0.2, 0.25) is 10.0 Å². The van der Waals surface area contributed by atoms with Gasteiger partial charge in [-0.3, -0.25) is 14.8 Å². The molecule has 0 spiro atoms. The Labute approximate surface area is 157 Å². The van der Waals surface area contributed by atoms with Crippen LogP contribution in [0.3, 0.4) is 0 Å². The molecule has 27 heavy (non-hydrogen) atoms. The highest BCUT2D eigenvalue weighted by atomic mass is 32.2. The Morgan fingerprint density at radius 1 is 1.11 bits per heavy atom. The fourth-order valence-corrected chi connectivity index (χ4v) is 4.28. The van der Waals surface area contributed by atoms with Crippen LogP contribution in [0, 0.1) is 0 Å². The molecule has 2 aromatic heterocycles. The van der Waals surface area contributed by atoms with Gasteiger partial charge >= 0.3 is 5.97 Å². The van der Waals surface area contributed by atoms with Crippen molar-refractivity contribution in [3.05, 3.63) is 66.7 Å². The molecule has 0 fully saturated rings. The summed E-state index contributed by atoms with van der Waals surface area (Å²) in [5.41, 5.74) is 0.535. The normalized spacial score (nSPS) is 11.6. The number of esters is 1. The number of rotatable bonds is 7. The van der Waals surface area contributed by atoms with Crippen LogP contribution in [0.4, 0.5) is 0 Å². The van der Waals surface area contributed by atoms with Crippen LogP contribution in [0.25, 0.3) is 10.8 Å². The van der Waals surface area contributed by atoms with E-state index in [9.17, 15) is 13.2 Å². The SMILES string of the molecule is CCOC(=O)CN(Cc1ccccn1)S(=O)(=O)c1cccc2cnccc12. The molecule has 0 bridgehead atoms. The maximum atomic E-state index is 13.4. The number of aromatic nitrogens is 2. The summed E-state index contributed by atoms with van der Waals surface area (Å²) >= 11 is 0. The second kappa shape index (κ2) is 8.24. The molecule has 3 rings (SSSR count). The number of hydrogen-bond acceptors (Lipinski definition) is 6. The molecule has 0 aliphatic heterocycles. The van der Waals surface area contributed by atoms with Crippen LogP contribution in [-0.2, 0) is 26.1 Å². The van der Waals surface area contributed by atoms with E-state index in [1.807, 2.05) is 0 Å². The minimum Gasteiger partial charge on any atom is -0.465 e. The van der Waals surface area contributed by atoms with E-state index in [1.54, 1.807) is 55.7 Å². The Morgan fingerprint density at radius 3 is 2.70 bits per heavy atom. The van der Waals surface area contributed by atoms with E-state index in [-0.39, 0.29) is 18.0 Å². The minimum absolute atomic E-state index is 0.0382. The third kappa shape index (κ3) is 4.29. The lowest BCUT2D eigenvalue weighted by atomic mass is 10.2. The first-order valence-electron chi connectivity index (χ1n) is 8.41. The zero-order chi connectivity index (χ0) is 19.3. The van der Waals surface area contributed by atoms with E-state index in [1.165, 1.54) is 12.3 Å². The molecule has 0 saturated carbocycles. The summed E-state index contributed by atoms with van der Waals surface area (Å²) in [6.07, 6.45) is 4.71. The van der Waals surface area contributed by atoms with Gasteiger partial charge in [-0.15, -0.1) is 0 Å². The van der Waals surface area contributed by atoms with Crippen molar-refractivity contribution in [1.29, 1.82) is 0 Å². The van der Waals surface area contributed by atoms with Gasteiger partial charge in [-0.05, 0) is 31.2 Å². The van der Waals surface area contributed by atoms with Crippen LogP contribution < -0.4 is 0 Å². The molecule has 8 heteroatoms. The van der Waals surface area contributed by atoms with Crippen molar-refractivity contribution < 1.29 is 17.9 Å². The van der Waals surface area contributed by atoms with Gasteiger partial charge in [0.05, 0.1) is 23.7 Å². The van der Waals surface area contributed by atoms with Crippen molar-refractivity contribution in [2.45, 2.75) is 18.4 Å². The van der Waals surface area contributed by atoms with Gasteiger partial charge in [-0.2, -0.15) is 4.31 Å². The number of sulfonamides is 1. The quantitative estimate of drug-likeness (QED) is 0.580. The van der Waals surface area contributed by atoms with E-state index in [4.69, 9.17) is 4.74 Å². The second-order valence-corrected chi connectivity index (χ2v) is 7.66. The Hall–Kier alpha value is -2.84. The van der Waals surface area contributed by atoms with E-state index < -0.39 is 22.5 Å². The molecule has 3 aromatic rings. The number of hydrogen-bond donors (Lipinski definition) is 0. The third-order valence-corrected chi connectivity index (χ3v) is 5.78. The molecule has 0 N–H and O–H groups in total. The Bertz CT molecular complexity index is 1030. The summed E-state index contributed by atoms with van der Waals surface area (Å²) < 4.78 is 32.8. The Kier molecular flexibility index (Phi) is 5.78. The summed E-state index contributed by atoms with van der Waals surface area (Å²) in [7, 11) is -3.97. The summed E-state index contributed by atoms with van der Waals surface area (Å²) in [4.78, 5) is 20.3. The van der Waals surface area contributed by atoms with E-state index >= 15 is 0 Å². The van der Waals surface area contributed by atoms with Crippen molar-refractivity contribution in [3.63, 3.8) is 0 Å². The van der Waals surface area contributed by atoms with E-state index in [2.05, 4.69) is 9.97 Å². The first kappa shape index (κ1) is 18.9. The average Bonchev–Trinajstić information content (AvgIpc) is 2.68. The van der Waals surface area contributed by atoms with Crippen molar-refractivity contribution in [2.75, 3.05) is 13.2 Å². The number of carbonyl (C=O) groups excluding carboxylic acids is 1. The topological polar surface area (TPSA) is 89.5 Å². The molecule has 0 aliphatic carbocycles. The Balaban J connectivity index is 2.04. The molecule has 0 aliphatic rings. The van der Waals surface area contributed by atoms with Gasteiger partial charge in [0.25, 0.3) is 0 Å². The third-order valence-electron chi connectivity index (χ3n) is 3.93. The van der Waals surface area contributed by atoms with Crippen molar-refractivity contribution in [3.8, 4) is 0 Å². The number of fused-ring (bicyclic) bond motifs is 1. The average molecular weight is 385 g/mol. The van der Waals surface area contributed by atoms with Gasteiger partial charge in [0.1, 0.15) is 6.54 Å². The van der Waals surface area contributed by atoms with Crippen molar-refractivity contribution >= 4 is 26.8 Å². The van der Waals surface area contributed by atoms with Crippen molar-refractivity contribution in [2.24, 2.45) is 0 Å². The fraction of sp³-hybridized carbons (Fsp3) is 0.211. The first-order valence-corrected chi connectivity index (χ1v) is 9.85. The maximum absolute atomic E-state index is 13.4. The summed E-state index contributed by atoms with van der Waals surface area (Å²) in [5.74, 6) is -0.612. The molecule has 1 aromatic carbocycles. The lowest BCUT2D eigenvalue weighted by molar-refractivity contribution is -0.143. The molecule has 0 unspecified atom stereocenters. The Morgan fingerprint density at radius 2 is 1.96 bits per heavy atom. The van der Waals surface area contributed by atoms with Crippen LogP contribution in [0.2, 0.25) is 0 Å². The van der Waals surface area contributed by atoms with Crippen LogP contribution in [-0.4, -0.2) is 41.8 Å². The zero-order valence-corrected chi connectivity index (χ0v) is 15.6. The minimum atomic E-state index is -3.97. The predicted molar refractivity (Wildman–Crippen MR) is 100 cm³/mol. The first-order chi connectivity index (χ1) is 13.0. The second-order valence-electron chi connectivity index (χ2n) is 5.75. The highest BCUT2D eigenvalue weighted by Crippen LogP contribution is 2.26. The van der Waals surface area contributed by atoms with Gasteiger partial charge < -0.3 is 4.74 Å². The van der Waals surface area contributed by atoms with Crippen molar-refractivity contribution in [1.82, 2.24) is 14.3 Å². The molecule has 0 radical (unpaired) electrons. The number of ether oxygens (including phenoxy) is 1. The summed E-state index contributed by atoms with van der Waals surface area (Å²) in [5, 5.41) is 1.25. The van der Waals surface area contributed by atoms with Crippen LogP contribution in [0.5, 0.6) is 0 Å². The molecule has 7 nitrogen and oxygen atoms in total. The monoisotopic (exact) mass is 385 g/mol. The van der Waals surface area contributed by atoms with Crippen LogP contribution in [0.1, 0.15) is 12.6 Å². The van der Waals surface area contributed by atoms with Crippen LogP contribution in [0.15, 0.2) is 66.0 Å². The van der Waals surface area contributed by atoms with Gasteiger partial charge in [0.15, 0.2) is 0 Å². The summed E-state index contributed by atoms with van der Waals surface area (Å²) in [6, 6.07) is 11.8. The van der Waals surface area contributed by atoms with Gasteiger partial charge in [0, 0.05) is 29.4 Å². The molecule has 0 amide bonds. The molecular weight excluding hydrogens is 366 g/mol. The maximum Gasteiger partial charge on any atom is 0.321 e. The molecule has 0 saturated heterocycles. The summed E-state index contributed by atoms with van der Waals surface area (Å²) in [6.45, 7) is 1.42. The number of nitrogens with zero attached hydrogens (tertiary/aromatic N) is 3. The fourth-order valence-electron chi connectivity index (χ4n) is 2.71. The lowest BCUT2D eigenvalue weighted by Crippen LogP contribution is -2.36. The highest BCUT2D eigenvalue weighted by molar-refractivity contribution is 7.89. The standard InChI is InChI=1S/C19H19N3O4S/c1-2-26-19(23)14-22(13-16-7-3-4-10-21-16)27(24,25)18-8-5-6-15-12-20-11-9-17(15)18/h3-12H,2,13-14H2,1H3. The largest absolute Gasteiger partial charge is 0.465 e. The van der Waals surface area contributed by atoms with E-state index in [0.29, 0.717) is 16.5 Å². The zero-order valence-electron chi connectivity index (χ0n) is 14.8. The predicted octanol–water partition coefficient (Wildman–Crippen LogP) is 2.38. The molecular formula is C19H19N3O4S. The number of carbonyl (C=O) groups is 1. The van der Waals surface area contributed by atoms with Gasteiger partial charge in [-0.25, -0.2) is 8.42 Å². The number of benzene rings is 1. The van der Waals surface area contributed by atoms with E-state index in [0.717, 1.165) is 4.31 Å². The molecule has 0 atom stereocenters. The number of pyridine rings is 2. The van der Waals surface area contributed by atoms with Gasteiger partial charge in [-0.1, -0.05) is 18.2 Å².